The molecule has 5 heteroatoms. The van der Waals surface area contributed by atoms with Crippen molar-refractivity contribution in [1.29, 1.82) is 0 Å². The highest BCUT2D eigenvalue weighted by Gasteiger charge is 2.11. The molecular formula is C13H21N3O2. The molecule has 0 aliphatic rings. The van der Waals surface area contributed by atoms with Gasteiger partial charge in [0.15, 0.2) is 0 Å². The number of hydrogen-bond acceptors (Lipinski definition) is 5. The maximum Gasteiger partial charge on any atom is 0.340 e. The molecule has 0 heterocycles. The van der Waals surface area contributed by atoms with Gasteiger partial charge in [-0.1, -0.05) is 6.92 Å². The van der Waals surface area contributed by atoms with E-state index in [-0.39, 0.29) is 5.97 Å². The number of likely N-dealkylation sites (N-methyl/N-ethyl adjacent to an activating group) is 1. The fraction of sp³-hybridized carbons (Fsp3) is 0.462. The van der Waals surface area contributed by atoms with Crippen LogP contribution in [0.3, 0.4) is 0 Å². The molecule has 0 aromatic heterocycles. The van der Waals surface area contributed by atoms with Gasteiger partial charge in [0.05, 0.1) is 12.7 Å². The number of ether oxygens (including phenoxy) is 1. The van der Waals surface area contributed by atoms with Crippen molar-refractivity contribution < 1.29 is 9.53 Å². The van der Waals surface area contributed by atoms with E-state index in [2.05, 4.69) is 17.1 Å². The molecule has 0 spiro atoms. The monoisotopic (exact) mass is 251 g/mol. The van der Waals surface area contributed by atoms with E-state index in [0.717, 1.165) is 25.3 Å². The summed E-state index contributed by atoms with van der Waals surface area (Å²) in [6.45, 7) is 4.76. The summed E-state index contributed by atoms with van der Waals surface area (Å²) in [7, 11) is 3.41. The Hall–Kier alpha value is -1.75. The Labute approximate surface area is 108 Å². The van der Waals surface area contributed by atoms with Crippen molar-refractivity contribution in [2.24, 2.45) is 0 Å². The Morgan fingerprint density at radius 1 is 1.50 bits per heavy atom. The Morgan fingerprint density at radius 3 is 2.83 bits per heavy atom. The average molecular weight is 251 g/mol. The van der Waals surface area contributed by atoms with Crippen LogP contribution in [-0.2, 0) is 4.74 Å². The summed E-state index contributed by atoms with van der Waals surface area (Å²) in [5.41, 5.74) is 7.44. The van der Waals surface area contributed by atoms with Crippen LogP contribution in [0.25, 0.3) is 0 Å². The number of carbonyl (C=O) groups is 1. The number of nitrogen functional groups attached to an aromatic ring is 1. The molecule has 0 radical (unpaired) electrons. The van der Waals surface area contributed by atoms with Crippen molar-refractivity contribution in [1.82, 2.24) is 4.90 Å². The van der Waals surface area contributed by atoms with Crippen molar-refractivity contribution in [3.8, 4) is 0 Å². The number of rotatable bonds is 6. The van der Waals surface area contributed by atoms with Gasteiger partial charge in [-0.15, -0.1) is 0 Å². The van der Waals surface area contributed by atoms with Gasteiger partial charge < -0.3 is 20.7 Å². The van der Waals surface area contributed by atoms with Gasteiger partial charge in [-0.05, 0) is 31.8 Å². The molecule has 0 aliphatic carbocycles. The van der Waals surface area contributed by atoms with Crippen molar-refractivity contribution in [2.75, 3.05) is 44.8 Å². The molecule has 1 aromatic rings. The van der Waals surface area contributed by atoms with Crippen molar-refractivity contribution in [2.45, 2.75) is 6.92 Å². The van der Waals surface area contributed by atoms with E-state index >= 15 is 0 Å². The molecule has 1 rings (SSSR count). The second kappa shape index (κ2) is 6.86. The maximum absolute atomic E-state index is 11.6. The van der Waals surface area contributed by atoms with Gasteiger partial charge in [-0.2, -0.15) is 0 Å². The summed E-state index contributed by atoms with van der Waals surface area (Å²) < 4.78 is 4.74. The number of hydrogen-bond donors (Lipinski definition) is 2. The number of methoxy groups -OCH3 is 1. The number of benzene rings is 1. The molecule has 0 aliphatic heterocycles. The quantitative estimate of drug-likeness (QED) is 0.591. The van der Waals surface area contributed by atoms with E-state index in [1.54, 1.807) is 18.2 Å². The Morgan fingerprint density at radius 2 is 2.22 bits per heavy atom. The number of esters is 1. The lowest BCUT2D eigenvalue weighted by Gasteiger charge is -2.16. The molecule has 0 fully saturated rings. The topological polar surface area (TPSA) is 67.6 Å². The third-order valence-corrected chi connectivity index (χ3v) is 2.80. The Kier molecular flexibility index (Phi) is 5.45. The van der Waals surface area contributed by atoms with Gasteiger partial charge in [0, 0.05) is 24.5 Å². The van der Waals surface area contributed by atoms with Gasteiger partial charge in [0.2, 0.25) is 0 Å². The first-order chi connectivity index (χ1) is 8.58. The van der Waals surface area contributed by atoms with Crippen molar-refractivity contribution in [3.05, 3.63) is 23.8 Å². The molecule has 0 bridgehead atoms. The standard InChI is InChI=1S/C13H21N3O2/c1-4-16(2)8-7-15-12-6-5-10(14)9-11(12)13(17)18-3/h5-6,9,15H,4,7-8,14H2,1-3H3. The molecule has 100 valence electrons. The normalized spacial score (nSPS) is 10.4. The predicted molar refractivity (Wildman–Crippen MR) is 73.9 cm³/mol. The Bertz CT molecular complexity index is 407. The second-order valence-corrected chi connectivity index (χ2v) is 4.12. The SMILES string of the molecule is CCN(C)CCNc1ccc(N)cc1C(=O)OC. The number of nitrogens with zero attached hydrogens (tertiary/aromatic N) is 1. The van der Waals surface area contributed by atoms with Gasteiger partial charge in [-0.25, -0.2) is 4.79 Å². The van der Waals surface area contributed by atoms with Crippen molar-refractivity contribution >= 4 is 17.3 Å². The molecule has 18 heavy (non-hydrogen) atoms. The summed E-state index contributed by atoms with van der Waals surface area (Å²) in [5, 5.41) is 3.22. The lowest BCUT2D eigenvalue weighted by Crippen LogP contribution is -2.25. The summed E-state index contributed by atoms with van der Waals surface area (Å²) >= 11 is 0. The van der Waals surface area contributed by atoms with Gasteiger partial charge in [0.1, 0.15) is 0 Å². The largest absolute Gasteiger partial charge is 0.465 e. The smallest absolute Gasteiger partial charge is 0.340 e. The minimum absolute atomic E-state index is 0.381. The van der Waals surface area contributed by atoms with Crippen LogP contribution in [0.15, 0.2) is 18.2 Å². The van der Waals surface area contributed by atoms with E-state index < -0.39 is 0 Å². The zero-order valence-corrected chi connectivity index (χ0v) is 11.2. The van der Waals surface area contributed by atoms with Gasteiger partial charge >= 0.3 is 5.97 Å². The summed E-state index contributed by atoms with van der Waals surface area (Å²) in [4.78, 5) is 13.8. The van der Waals surface area contributed by atoms with E-state index in [1.807, 2.05) is 7.05 Å². The maximum atomic E-state index is 11.6. The highest BCUT2D eigenvalue weighted by molar-refractivity contribution is 5.96. The third kappa shape index (κ3) is 3.92. The van der Waals surface area contributed by atoms with Crippen LogP contribution in [0.5, 0.6) is 0 Å². The summed E-state index contributed by atoms with van der Waals surface area (Å²) in [6.07, 6.45) is 0. The van der Waals surface area contributed by atoms with Crippen LogP contribution >= 0.6 is 0 Å². The summed E-state index contributed by atoms with van der Waals surface area (Å²) in [6, 6.07) is 5.18. The zero-order valence-electron chi connectivity index (χ0n) is 11.2. The van der Waals surface area contributed by atoms with E-state index in [4.69, 9.17) is 10.5 Å². The van der Waals surface area contributed by atoms with Crippen LogP contribution in [0.1, 0.15) is 17.3 Å². The molecule has 0 saturated carbocycles. The lowest BCUT2D eigenvalue weighted by atomic mass is 10.1. The molecule has 5 nitrogen and oxygen atoms in total. The third-order valence-electron chi connectivity index (χ3n) is 2.80. The van der Waals surface area contributed by atoms with Gasteiger partial charge in [-0.3, -0.25) is 0 Å². The first kappa shape index (κ1) is 14.3. The predicted octanol–water partition coefficient (Wildman–Crippen LogP) is 1.42. The first-order valence-electron chi connectivity index (χ1n) is 5.98. The van der Waals surface area contributed by atoms with Crippen LogP contribution in [0.4, 0.5) is 11.4 Å². The number of nitrogens with two attached hydrogens (primary N) is 1. The molecule has 0 saturated heterocycles. The van der Waals surface area contributed by atoms with E-state index in [9.17, 15) is 4.79 Å². The van der Waals surface area contributed by atoms with Crippen molar-refractivity contribution in [3.63, 3.8) is 0 Å². The number of carbonyl (C=O) groups excluding carboxylic acids is 1. The average Bonchev–Trinajstić information content (AvgIpc) is 2.39. The minimum atomic E-state index is -0.381. The lowest BCUT2D eigenvalue weighted by molar-refractivity contribution is 0.0602. The highest BCUT2D eigenvalue weighted by atomic mass is 16.5. The molecular weight excluding hydrogens is 230 g/mol. The fourth-order valence-corrected chi connectivity index (χ4v) is 1.53. The molecule has 0 atom stereocenters. The fourth-order valence-electron chi connectivity index (χ4n) is 1.53. The molecule has 1 aromatic carbocycles. The summed E-state index contributed by atoms with van der Waals surface area (Å²) in [5.74, 6) is -0.381. The van der Waals surface area contributed by atoms with Crippen LogP contribution in [-0.4, -0.2) is 44.7 Å². The Balaban J connectivity index is 2.72. The highest BCUT2D eigenvalue weighted by Crippen LogP contribution is 2.19. The van der Waals surface area contributed by atoms with E-state index in [0.29, 0.717) is 11.3 Å². The van der Waals surface area contributed by atoms with Crippen LogP contribution in [0, 0.1) is 0 Å². The second-order valence-electron chi connectivity index (χ2n) is 4.12. The number of nitrogens with one attached hydrogen (secondary N) is 1. The molecule has 0 amide bonds. The molecule has 0 unspecified atom stereocenters. The van der Waals surface area contributed by atoms with E-state index in [1.165, 1.54) is 7.11 Å². The van der Waals surface area contributed by atoms with Crippen LogP contribution in [0.2, 0.25) is 0 Å². The minimum Gasteiger partial charge on any atom is -0.465 e. The van der Waals surface area contributed by atoms with Crippen LogP contribution < -0.4 is 11.1 Å². The zero-order chi connectivity index (χ0) is 13.5. The number of anilines is 2. The van der Waals surface area contributed by atoms with Gasteiger partial charge in [0.25, 0.3) is 0 Å². The molecule has 3 N–H and O–H groups in total. The first-order valence-corrected chi connectivity index (χ1v) is 5.98.